The molecule has 6 nitrogen and oxygen atoms in total. The molecule has 0 bridgehead atoms. The molecule has 0 aromatic heterocycles. The van der Waals surface area contributed by atoms with Crippen LogP contribution < -0.4 is 15.5 Å². The standard InChI is InChI=1S/C18H16Cl3N3O3/c1-11(8-17(25)22-14-5-2-12(19)3-6-14)23-24-18(26)10-27-16-7-4-13(20)9-15(16)21/h2-7,9H,8,10H2,1H3,(H,22,25)(H,24,26). The highest BCUT2D eigenvalue weighted by Gasteiger charge is 2.08. The molecule has 142 valence electrons. The smallest absolute Gasteiger partial charge is 0.277 e. The average molecular weight is 429 g/mol. The van der Waals surface area contributed by atoms with Gasteiger partial charge in [0.05, 0.1) is 11.4 Å². The van der Waals surface area contributed by atoms with Gasteiger partial charge in [-0.15, -0.1) is 0 Å². The zero-order valence-electron chi connectivity index (χ0n) is 14.3. The first-order valence-corrected chi connectivity index (χ1v) is 8.92. The van der Waals surface area contributed by atoms with Crippen molar-refractivity contribution in [2.75, 3.05) is 11.9 Å². The number of amides is 2. The SMILES string of the molecule is CC(CC(=O)Nc1ccc(Cl)cc1)=NNC(=O)COc1ccc(Cl)cc1Cl. The lowest BCUT2D eigenvalue weighted by Gasteiger charge is -2.08. The maximum absolute atomic E-state index is 11.9. The summed E-state index contributed by atoms with van der Waals surface area (Å²) in [5, 5.41) is 7.92. The summed E-state index contributed by atoms with van der Waals surface area (Å²) in [6.07, 6.45) is 0.0206. The van der Waals surface area contributed by atoms with Gasteiger partial charge in [0.25, 0.3) is 5.91 Å². The summed E-state index contributed by atoms with van der Waals surface area (Å²) >= 11 is 17.5. The Morgan fingerprint density at radius 3 is 2.33 bits per heavy atom. The zero-order chi connectivity index (χ0) is 19.8. The van der Waals surface area contributed by atoms with E-state index in [4.69, 9.17) is 39.5 Å². The normalized spacial score (nSPS) is 11.0. The Balaban J connectivity index is 1.77. The van der Waals surface area contributed by atoms with Gasteiger partial charge in [0.15, 0.2) is 6.61 Å². The van der Waals surface area contributed by atoms with Crippen LogP contribution in [0.25, 0.3) is 0 Å². The van der Waals surface area contributed by atoms with Crippen molar-refractivity contribution in [3.05, 3.63) is 57.5 Å². The molecule has 2 amide bonds. The van der Waals surface area contributed by atoms with E-state index in [0.717, 1.165) is 0 Å². The van der Waals surface area contributed by atoms with E-state index in [0.29, 0.717) is 32.2 Å². The number of benzene rings is 2. The van der Waals surface area contributed by atoms with Crippen molar-refractivity contribution in [3.63, 3.8) is 0 Å². The molecule has 2 rings (SSSR count). The first-order valence-electron chi connectivity index (χ1n) is 7.79. The molecule has 27 heavy (non-hydrogen) atoms. The van der Waals surface area contributed by atoms with E-state index < -0.39 is 5.91 Å². The Kier molecular flexibility index (Phi) is 7.91. The molecule has 0 heterocycles. The van der Waals surface area contributed by atoms with Crippen LogP contribution in [0.15, 0.2) is 47.6 Å². The van der Waals surface area contributed by atoms with Gasteiger partial charge in [0.1, 0.15) is 5.75 Å². The largest absolute Gasteiger partial charge is 0.482 e. The minimum absolute atomic E-state index is 0.0206. The molecule has 0 aliphatic rings. The predicted octanol–water partition coefficient (Wildman–Crippen LogP) is 4.55. The monoisotopic (exact) mass is 427 g/mol. The molecule has 0 radical (unpaired) electrons. The molecule has 0 saturated heterocycles. The van der Waals surface area contributed by atoms with Crippen molar-refractivity contribution in [1.82, 2.24) is 5.43 Å². The highest BCUT2D eigenvalue weighted by Crippen LogP contribution is 2.27. The number of ether oxygens (including phenoxy) is 1. The molecule has 2 aromatic rings. The molecule has 9 heteroatoms. The van der Waals surface area contributed by atoms with Crippen molar-refractivity contribution in [2.24, 2.45) is 5.10 Å². The first-order chi connectivity index (χ1) is 12.8. The number of nitrogens with zero attached hydrogens (tertiary/aromatic N) is 1. The summed E-state index contributed by atoms with van der Waals surface area (Å²) in [6, 6.07) is 11.4. The Morgan fingerprint density at radius 1 is 1.00 bits per heavy atom. The van der Waals surface area contributed by atoms with Crippen LogP contribution in [0.2, 0.25) is 15.1 Å². The van der Waals surface area contributed by atoms with Gasteiger partial charge in [-0.1, -0.05) is 34.8 Å². The lowest BCUT2D eigenvalue weighted by atomic mass is 10.2. The van der Waals surface area contributed by atoms with Crippen LogP contribution in [0.3, 0.4) is 0 Å². The third kappa shape index (κ3) is 7.46. The second kappa shape index (κ2) is 10.2. The van der Waals surface area contributed by atoms with Crippen molar-refractivity contribution in [3.8, 4) is 5.75 Å². The summed E-state index contributed by atoms with van der Waals surface area (Å²) in [4.78, 5) is 23.7. The maximum atomic E-state index is 11.9. The van der Waals surface area contributed by atoms with Crippen LogP contribution in [0.1, 0.15) is 13.3 Å². The number of anilines is 1. The van der Waals surface area contributed by atoms with Gasteiger partial charge < -0.3 is 10.1 Å². The second-order valence-corrected chi connectivity index (χ2v) is 6.76. The lowest BCUT2D eigenvalue weighted by Crippen LogP contribution is -2.26. The lowest BCUT2D eigenvalue weighted by molar-refractivity contribution is -0.123. The highest BCUT2D eigenvalue weighted by atomic mass is 35.5. The van der Waals surface area contributed by atoms with Gasteiger partial charge in [0.2, 0.25) is 5.91 Å². The van der Waals surface area contributed by atoms with Gasteiger partial charge >= 0.3 is 0 Å². The molecule has 0 unspecified atom stereocenters. The molecular weight excluding hydrogens is 413 g/mol. The second-order valence-electron chi connectivity index (χ2n) is 5.48. The van der Waals surface area contributed by atoms with Crippen molar-refractivity contribution >= 4 is 58.0 Å². The van der Waals surface area contributed by atoms with Crippen LogP contribution in [0.4, 0.5) is 5.69 Å². The fraction of sp³-hybridized carbons (Fsp3) is 0.167. The highest BCUT2D eigenvalue weighted by molar-refractivity contribution is 6.35. The number of carbonyl (C=O) groups is 2. The van der Waals surface area contributed by atoms with Crippen LogP contribution >= 0.6 is 34.8 Å². The molecule has 0 spiro atoms. The molecule has 0 aliphatic heterocycles. The third-order valence-electron chi connectivity index (χ3n) is 3.17. The van der Waals surface area contributed by atoms with Crippen LogP contribution in [0.5, 0.6) is 5.75 Å². The average Bonchev–Trinajstić information content (AvgIpc) is 2.61. The number of carbonyl (C=O) groups excluding carboxylic acids is 2. The summed E-state index contributed by atoms with van der Waals surface area (Å²) in [6.45, 7) is 1.34. The van der Waals surface area contributed by atoms with E-state index in [1.165, 1.54) is 6.07 Å². The summed E-state index contributed by atoms with van der Waals surface area (Å²) in [7, 11) is 0. The van der Waals surface area contributed by atoms with Gasteiger partial charge in [-0.25, -0.2) is 5.43 Å². The molecule has 0 atom stereocenters. The van der Waals surface area contributed by atoms with Crippen molar-refractivity contribution in [1.29, 1.82) is 0 Å². The van der Waals surface area contributed by atoms with Crippen LogP contribution in [0, 0.1) is 0 Å². The number of halogens is 3. The van der Waals surface area contributed by atoms with E-state index in [9.17, 15) is 9.59 Å². The van der Waals surface area contributed by atoms with E-state index >= 15 is 0 Å². The minimum Gasteiger partial charge on any atom is -0.482 e. The van der Waals surface area contributed by atoms with Crippen LogP contribution in [-0.4, -0.2) is 24.1 Å². The zero-order valence-corrected chi connectivity index (χ0v) is 16.5. The minimum atomic E-state index is -0.488. The Labute approximate surface area is 171 Å². The van der Waals surface area contributed by atoms with Crippen molar-refractivity contribution in [2.45, 2.75) is 13.3 Å². The summed E-state index contributed by atoms with van der Waals surface area (Å²) in [5.74, 6) is -0.422. The molecule has 2 aromatic carbocycles. The Bertz CT molecular complexity index is 855. The van der Waals surface area contributed by atoms with Gasteiger partial charge in [0, 0.05) is 21.4 Å². The molecule has 0 saturated carbocycles. The summed E-state index contributed by atoms with van der Waals surface area (Å²) < 4.78 is 5.29. The fourth-order valence-corrected chi connectivity index (χ4v) is 2.52. The Morgan fingerprint density at radius 2 is 1.67 bits per heavy atom. The van der Waals surface area contributed by atoms with E-state index in [-0.39, 0.29) is 18.9 Å². The van der Waals surface area contributed by atoms with Crippen molar-refractivity contribution < 1.29 is 14.3 Å². The number of rotatable bonds is 7. The van der Waals surface area contributed by atoms with Gasteiger partial charge in [-0.05, 0) is 49.4 Å². The molecule has 0 fully saturated rings. The molecule has 2 N–H and O–H groups in total. The predicted molar refractivity (Wildman–Crippen MR) is 108 cm³/mol. The number of hydrogen-bond donors (Lipinski definition) is 2. The van der Waals surface area contributed by atoms with E-state index in [2.05, 4.69) is 15.8 Å². The Hall–Kier alpha value is -2.28. The van der Waals surface area contributed by atoms with Gasteiger partial charge in [-0.2, -0.15) is 5.10 Å². The summed E-state index contributed by atoms with van der Waals surface area (Å²) in [5.41, 5.74) is 3.37. The number of nitrogens with one attached hydrogen (secondary N) is 2. The fourth-order valence-electron chi connectivity index (χ4n) is 1.94. The first kappa shape index (κ1) is 21.0. The van der Waals surface area contributed by atoms with Crippen LogP contribution in [-0.2, 0) is 9.59 Å². The third-order valence-corrected chi connectivity index (χ3v) is 3.95. The quantitative estimate of drug-likeness (QED) is 0.501. The topological polar surface area (TPSA) is 79.8 Å². The maximum Gasteiger partial charge on any atom is 0.277 e. The number of hydrazone groups is 1. The molecule has 0 aliphatic carbocycles. The van der Waals surface area contributed by atoms with Gasteiger partial charge in [-0.3, -0.25) is 9.59 Å². The van der Waals surface area contributed by atoms with E-state index in [1.807, 2.05) is 0 Å². The molecular formula is C18H16Cl3N3O3. The van der Waals surface area contributed by atoms with E-state index in [1.54, 1.807) is 43.3 Å². The number of hydrogen-bond acceptors (Lipinski definition) is 4.